The zero-order chi connectivity index (χ0) is 23.5. The number of amides is 2. The molecule has 0 saturated carbocycles. The third-order valence-electron chi connectivity index (χ3n) is 7.47. The second-order valence-corrected chi connectivity index (χ2v) is 9.82. The van der Waals surface area contributed by atoms with E-state index < -0.39 is 0 Å². The van der Waals surface area contributed by atoms with Crippen LogP contribution in [-0.2, 0) is 9.53 Å². The van der Waals surface area contributed by atoms with Crippen molar-refractivity contribution in [3.05, 3.63) is 71.5 Å². The van der Waals surface area contributed by atoms with Crippen LogP contribution in [-0.4, -0.2) is 67.6 Å². The first-order valence-electron chi connectivity index (χ1n) is 12.3. The first kappa shape index (κ1) is 23.0. The van der Waals surface area contributed by atoms with Gasteiger partial charge in [0.15, 0.2) is 0 Å². The highest BCUT2D eigenvalue weighted by atomic mass is 19.1. The van der Waals surface area contributed by atoms with Crippen LogP contribution in [0.15, 0.2) is 54.6 Å². The quantitative estimate of drug-likeness (QED) is 0.683. The standard InChI is InChI=1S/C27H32FN3O3/c28-24-8-4-7-20(13-24)27(33)31-16-22-14-30(15-23(22)17-31)11-9-25(19-5-2-1-3-6-19)29-26(32)21-10-12-34-18-21/h1-8,13,21-23,25H,9-12,14-18H2,(H,29,32)/t21?,22?,23?,25-/m0/s1. The average molecular weight is 466 g/mol. The van der Waals surface area contributed by atoms with Crippen LogP contribution in [0.5, 0.6) is 0 Å². The molecule has 4 atom stereocenters. The molecule has 3 aliphatic heterocycles. The van der Waals surface area contributed by atoms with E-state index in [0.717, 1.165) is 51.1 Å². The molecule has 3 heterocycles. The van der Waals surface area contributed by atoms with Crippen LogP contribution in [0, 0.1) is 23.6 Å². The van der Waals surface area contributed by atoms with Crippen LogP contribution >= 0.6 is 0 Å². The number of benzene rings is 2. The molecule has 0 bridgehead atoms. The lowest BCUT2D eigenvalue weighted by Gasteiger charge is -2.25. The van der Waals surface area contributed by atoms with E-state index in [9.17, 15) is 14.0 Å². The molecule has 0 aromatic heterocycles. The SMILES string of the molecule is O=C(N[C@@H](CCN1CC2CN(C(=O)c3cccc(F)c3)CC2C1)c1ccccc1)C1CCOC1. The van der Waals surface area contributed by atoms with Crippen molar-refractivity contribution in [1.29, 1.82) is 0 Å². The molecule has 3 fully saturated rings. The predicted molar refractivity (Wildman–Crippen MR) is 127 cm³/mol. The van der Waals surface area contributed by atoms with Crippen molar-refractivity contribution in [2.75, 3.05) is 45.9 Å². The number of halogens is 1. The minimum Gasteiger partial charge on any atom is -0.381 e. The van der Waals surface area contributed by atoms with Crippen molar-refractivity contribution in [2.45, 2.75) is 18.9 Å². The number of carbonyl (C=O) groups excluding carboxylic acids is 2. The summed E-state index contributed by atoms with van der Waals surface area (Å²) in [6.45, 7) is 5.39. The van der Waals surface area contributed by atoms with Crippen LogP contribution in [0.3, 0.4) is 0 Å². The van der Waals surface area contributed by atoms with Crippen LogP contribution in [0.25, 0.3) is 0 Å². The molecule has 7 heteroatoms. The van der Waals surface area contributed by atoms with Crippen molar-refractivity contribution in [2.24, 2.45) is 17.8 Å². The van der Waals surface area contributed by atoms with E-state index in [1.54, 1.807) is 12.1 Å². The summed E-state index contributed by atoms with van der Waals surface area (Å²) >= 11 is 0. The summed E-state index contributed by atoms with van der Waals surface area (Å²) in [5.41, 5.74) is 1.55. The Morgan fingerprint density at radius 3 is 2.47 bits per heavy atom. The Morgan fingerprint density at radius 1 is 1.03 bits per heavy atom. The molecule has 3 aliphatic rings. The normalized spacial score (nSPS) is 25.3. The lowest BCUT2D eigenvalue weighted by molar-refractivity contribution is -0.125. The number of hydrogen-bond acceptors (Lipinski definition) is 4. The highest BCUT2D eigenvalue weighted by Gasteiger charge is 2.41. The van der Waals surface area contributed by atoms with E-state index in [1.807, 2.05) is 23.1 Å². The molecule has 2 aromatic carbocycles. The van der Waals surface area contributed by atoms with Crippen LogP contribution in [0.2, 0.25) is 0 Å². The summed E-state index contributed by atoms with van der Waals surface area (Å²) in [5.74, 6) is 0.450. The molecule has 1 N–H and O–H groups in total. The molecule has 5 rings (SSSR count). The lowest BCUT2D eigenvalue weighted by Crippen LogP contribution is -2.37. The number of hydrogen-bond donors (Lipinski definition) is 1. The van der Waals surface area contributed by atoms with Gasteiger partial charge >= 0.3 is 0 Å². The fourth-order valence-electron chi connectivity index (χ4n) is 5.59. The van der Waals surface area contributed by atoms with Gasteiger partial charge in [-0.2, -0.15) is 0 Å². The van der Waals surface area contributed by atoms with Gasteiger partial charge in [-0.05, 0) is 48.4 Å². The maximum atomic E-state index is 13.5. The molecule has 0 spiro atoms. The maximum Gasteiger partial charge on any atom is 0.253 e. The van der Waals surface area contributed by atoms with Gasteiger partial charge in [0.1, 0.15) is 5.82 Å². The second kappa shape index (κ2) is 10.2. The Hall–Kier alpha value is -2.77. The fraction of sp³-hybridized carbons (Fsp3) is 0.481. The van der Waals surface area contributed by atoms with Crippen LogP contribution in [0.1, 0.15) is 34.8 Å². The molecule has 3 unspecified atom stereocenters. The fourth-order valence-corrected chi connectivity index (χ4v) is 5.59. The third kappa shape index (κ3) is 5.15. The molecule has 2 amide bonds. The van der Waals surface area contributed by atoms with Crippen LogP contribution < -0.4 is 5.32 Å². The van der Waals surface area contributed by atoms with Gasteiger partial charge < -0.3 is 19.9 Å². The summed E-state index contributed by atoms with van der Waals surface area (Å²) < 4.78 is 18.9. The molecular formula is C27H32FN3O3. The van der Waals surface area contributed by atoms with E-state index in [-0.39, 0.29) is 29.6 Å². The molecule has 0 aliphatic carbocycles. The van der Waals surface area contributed by atoms with Gasteiger partial charge in [0.25, 0.3) is 5.91 Å². The maximum absolute atomic E-state index is 13.5. The van der Waals surface area contributed by atoms with E-state index in [1.165, 1.54) is 12.1 Å². The minimum absolute atomic E-state index is 0.0270. The smallest absolute Gasteiger partial charge is 0.253 e. The Kier molecular flexibility index (Phi) is 6.92. The highest BCUT2D eigenvalue weighted by molar-refractivity contribution is 5.94. The zero-order valence-electron chi connectivity index (χ0n) is 19.4. The number of nitrogens with zero attached hydrogens (tertiary/aromatic N) is 2. The van der Waals surface area contributed by atoms with Gasteiger partial charge in [0.05, 0.1) is 18.6 Å². The number of fused-ring (bicyclic) bond motifs is 1. The van der Waals surface area contributed by atoms with E-state index in [0.29, 0.717) is 30.6 Å². The Labute approximate surface area is 200 Å². The summed E-state index contributed by atoms with van der Waals surface area (Å²) in [6, 6.07) is 16.1. The van der Waals surface area contributed by atoms with Gasteiger partial charge in [0.2, 0.25) is 5.91 Å². The van der Waals surface area contributed by atoms with Gasteiger partial charge in [0, 0.05) is 44.9 Å². The number of nitrogens with one attached hydrogen (secondary N) is 1. The van der Waals surface area contributed by atoms with Crippen molar-refractivity contribution < 1.29 is 18.7 Å². The number of likely N-dealkylation sites (tertiary alicyclic amines) is 2. The largest absolute Gasteiger partial charge is 0.381 e. The zero-order valence-corrected chi connectivity index (χ0v) is 19.4. The first-order valence-corrected chi connectivity index (χ1v) is 12.3. The molecule has 3 saturated heterocycles. The molecule has 2 aromatic rings. The number of ether oxygens (including phenoxy) is 1. The van der Waals surface area contributed by atoms with Crippen molar-refractivity contribution in [3.8, 4) is 0 Å². The number of rotatable bonds is 7. The highest BCUT2D eigenvalue weighted by Crippen LogP contribution is 2.32. The second-order valence-electron chi connectivity index (χ2n) is 9.82. The molecular weight excluding hydrogens is 433 g/mol. The van der Waals surface area contributed by atoms with Gasteiger partial charge in [-0.3, -0.25) is 9.59 Å². The Balaban J connectivity index is 1.15. The lowest BCUT2D eigenvalue weighted by atomic mass is 10.0. The Bertz CT molecular complexity index is 997. The average Bonchev–Trinajstić information content (AvgIpc) is 3.59. The van der Waals surface area contributed by atoms with Crippen molar-refractivity contribution in [3.63, 3.8) is 0 Å². The summed E-state index contributed by atoms with van der Waals surface area (Å²) in [6.07, 6.45) is 1.63. The monoisotopic (exact) mass is 465 g/mol. The van der Waals surface area contributed by atoms with Crippen LogP contribution in [0.4, 0.5) is 4.39 Å². The number of carbonyl (C=O) groups is 2. The van der Waals surface area contributed by atoms with E-state index in [2.05, 4.69) is 22.3 Å². The minimum atomic E-state index is -0.378. The molecule has 34 heavy (non-hydrogen) atoms. The van der Waals surface area contributed by atoms with Gasteiger partial charge in [-0.1, -0.05) is 36.4 Å². The summed E-state index contributed by atoms with van der Waals surface area (Å²) in [4.78, 5) is 29.9. The molecule has 6 nitrogen and oxygen atoms in total. The first-order chi connectivity index (χ1) is 16.6. The van der Waals surface area contributed by atoms with E-state index in [4.69, 9.17) is 4.74 Å². The van der Waals surface area contributed by atoms with Crippen molar-refractivity contribution >= 4 is 11.8 Å². The molecule has 180 valence electrons. The van der Waals surface area contributed by atoms with Gasteiger partial charge in [-0.15, -0.1) is 0 Å². The predicted octanol–water partition coefficient (Wildman–Crippen LogP) is 3.11. The summed E-state index contributed by atoms with van der Waals surface area (Å²) in [5, 5.41) is 3.27. The third-order valence-corrected chi connectivity index (χ3v) is 7.47. The topological polar surface area (TPSA) is 61.9 Å². The van der Waals surface area contributed by atoms with E-state index >= 15 is 0 Å². The van der Waals surface area contributed by atoms with Gasteiger partial charge in [-0.25, -0.2) is 4.39 Å². The van der Waals surface area contributed by atoms with Crippen molar-refractivity contribution in [1.82, 2.24) is 15.1 Å². The molecule has 0 radical (unpaired) electrons. The summed E-state index contributed by atoms with van der Waals surface area (Å²) in [7, 11) is 0. The Morgan fingerprint density at radius 2 is 1.79 bits per heavy atom.